The Morgan fingerprint density at radius 2 is 1.82 bits per heavy atom. The Balaban J connectivity index is 1.57. The van der Waals surface area contributed by atoms with Crippen molar-refractivity contribution in [1.82, 2.24) is 10.2 Å². The molecule has 3 N–H and O–H groups in total. The molecule has 0 spiro atoms. The molecule has 0 aromatic heterocycles. The van der Waals surface area contributed by atoms with Gasteiger partial charge in [-0.1, -0.05) is 18.7 Å². The van der Waals surface area contributed by atoms with Crippen molar-refractivity contribution in [1.29, 1.82) is 0 Å². The first-order valence-electron chi connectivity index (χ1n) is 9.56. The lowest BCUT2D eigenvalue weighted by atomic mass is 10.0. The molecule has 4 rings (SSSR count). The van der Waals surface area contributed by atoms with Gasteiger partial charge in [0.15, 0.2) is 0 Å². The number of para-hydroxylation sites is 1. The SMILES string of the molecule is C=C1CCC(N2C(=O)c3cc(O)c(NSc4ccccc4OC(F)(F)F)cc3C2=O)C(=O)N1. The number of anilines is 1. The molecule has 1 saturated heterocycles. The standard InChI is InChI=1S/C21H16F3N3O5S/c1-10-6-7-14(18(29)25-10)27-19(30)11-8-13(15(28)9-12(11)20(27)31)26-33-17-5-3-2-4-16(17)32-21(22,23)24/h2-5,8-9,14,26,28H,1,6-7H2,(H,25,29). The molecule has 1 atom stereocenters. The van der Waals surface area contributed by atoms with Gasteiger partial charge in [0.25, 0.3) is 11.8 Å². The fourth-order valence-corrected chi connectivity index (χ4v) is 4.26. The summed E-state index contributed by atoms with van der Waals surface area (Å²) in [5.74, 6) is -2.82. The van der Waals surface area contributed by atoms with Crippen molar-refractivity contribution in [2.24, 2.45) is 0 Å². The van der Waals surface area contributed by atoms with E-state index in [9.17, 15) is 32.7 Å². The molecule has 2 aliphatic rings. The topological polar surface area (TPSA) is 108 Å². The number of halogens is 3. The minimum atomic E-state index is -4.89. The van der Waals surface area contributed by atoms with E-state index in [1.54, 1.807) is 0 Å². The quantitative estimate of drug-likeness (QED) is 0.340. The highest BCUT2D eigenvalue weighted by molar-refractivity contribution is 8.00. The average Bonchev–Trinajstić information content (AvgIpc) is 2.96. The van der Waals surface area contributed by atoms with Gasteiger partial charge in [0.2, 0.25) is 5.91 Å². The fraction of sp³-hybridized carbons (Fsp3) is 0.190. The Morgan fingerprint density at radius 1 is 1.15 bits per heavy atom. The van der Waals surface area contributed by atoms with Crippen LogP contribution in [0.25, 0.3) is 0 Å². The van der Waals surface area contributed by atoms with Gasteiger partial charge in [0.05, 0.1) is 21.7 Å². The lowest BCUT2D eigenvalue weighted by Gasteiger charge is -2.29. The van der Waals surface area contributed by atoms with Gasteiger partial charge in [-0.05, 0) is 49.1 Å². The predicted molar refractivity (Wildman–Crippen MR) is 112 cm³/mol. The van der Waals surface area contributed by atoms with Gasteiger partial charge >= 0.3 is 6.36 Å². The number of imide groups is 1. The molecule has 0 saturated carbocycles. The first-order valence-corrected chi connectivity index (χ1v) is 10.4. The Hall–Kier alpha value is -3.67. The molecule has 3 amide bonds. The highest BCUT2D eigenvalue weighted by Crippen LogP contribution is 2.39. The van der Waals surface area contributed by atoms with E-state index in [-0.39, 0.29) is 28.1 Å². The molecule has 0 bridgehead atoms. The van der Waals surface area contributed by atoms with E-state index in [1.807, 2.05) is 0 Å². The number of piperidine rings is 1. The number of fused-ring (bicyclic) bond motifs is 1. The molecule has 1 fully saturated rings. The smallest absolute Gasteiger partial charge is 0.506 e. The van der Waals surface area contributed by atoms with Gasteiger partial charge in [0, 0.05) is 5.70 Å². The maximum absolute atomic E-state index is 12.9. The number of hydrogen-bond donors (Lipinski definition) is 3. The molecule has 2 heterocycles. The highest BCUT2D eigenvalue weighted by atomic mass is 32.2. The minimum Gasteiger partial charge on any atom is -0.506 e. The van der Waals surface area contributed by atoms with Crippen LogP contribution >= 0.6 is 11.9 Å². The van der Waals surface area contributed by atoms with Crippen LogP contribution in [0.15, 0.2) is 53.6 Å². The number of alkyl halides is 3. The molecular weight excluding hydrogens is 463 g/mol. The lowest BCUT2D eigenvalue weighted by molar-refractivity contribution is -0.275. The van der Waals surface area contributed by atoms with Crippen LogP contribution in [0, 0.1) is 0 Å². The Morgan fingerprint density at radius 3 is 2.48 bits per heavy atom. The van der Waals surface area contributed by atoms with Crippen LogP contribution in [-0.2, 0) is 4.79 Å². The van der Waals surface area contributed by atoms with E-state index in [0.29, 0.717) is 24.1 Å². The van der Waals surface area contributed by atoms with Gasteiger partial charge in [0.1, 0.15) is 17.5 Å². The average molecular weight is 479 g/mol. The monoisotopic (exact) mass is 479 g/mol. The third kappa shape index (κ3) is 4.46. The summed E-state index contributed by atoms with van der Waals surface area (Å²) in [4.78, 5) is 38.9. The summed E-state index contributed by atoms with van der Waals surface area (Å²) < 4.78 is 44.5. The van der Waals surface area contributed by atoms with Crippen LogP contribution in [0.5, 0.6) is 11.5 Å². The van der Waals surface area contributed by atoms with Gasteiger partial charge in [-0.3, -0.25) is 19.3 Å². The van der Waals surface area contributed by atoms with Crippen molar-refractivity contribution in [2.45, 2.75) is 30.1 Å². The highest BCUT2D eigenvalue weighted by Gasteiger charge is 2.44. The molecule has 0 radical (unpaired) electrons. The van der Waals surface area contributed by atoms with Crippen LogP contribution in [0.1, 0.15) is 33.6 Å². The number of hydrogen-bond acceptors (Lipinski definition) is 7. The fourth-order valence-electron chi connectivity index (χ4n) is 3.52. The number of phenolic OH excluding ortho intramolecular Hbond substituents is 1. The van der Waals surface area contributed by atoms with Gasteiger partial charge in [-0.15, -0.1) is 13.2 Å². The number of rotatable bonds is 5. The molecule has 12 heteroatoms. The number of phenols is 1. The van der Waals surface area contributed by atoms with Crippen LogP contribution in [0.2, 0.25) is 0 Å². The third-order valence-electron chi connectivity index (χ3n) is 5.01. The molecular formula is C21H16F3N3O5S. The van der Waals surface area contributed by atoms with Crippen molar-refractivity contribution in [3.8, 4) is 11.5 Å². The summed E-state index contributed by atoms with van der Waals surface area (Å²) >= 11 is 0.713. The maximum atomic E-state index is 12.9. The van der Waals surface area contributed by atoms with E-state index < -0.39 is 41.6 Å². The van der Waals surface area contributed by atoms with Gasteiger partial charge in [-0.2, -0.15) is 0 Å². The summed E-state index contributed by atoms with van der Waals surface area (Å²) in [6.45, 7) is 3.66. The largest absolute Gasteiger partial charge is 0.573 e. The zero-order valence-electron chi connectivity index (χ0n) is 16.7. The van der Waals surface area contributed by atoms with E-state index in [2.05, 4.69) is 21.4 Å². The Kier molecular flexibility index (Phi) is 5.70. The summed E-state index contributed by atoms with van der Waals surface area (Å²) in [6, 6.07) is 6.65. The van der Waals surface area contributed by atoms with Crippen LogP contribution in [-0.4, -0.2) is 40.1 Å². The number of nitrogens with one attached hydrogen (secondary N) is 2. The number of benzene rings is 2. The van der Waals surface area contributed by atoms with Crippen LogP contribution in [0.3, 0.4) is 0 Å². The number of ether oxygens (including phenoxy) is 1. The minimum absolute atomic E-state index is 0.00923. The first-order chi connectivity index (χ1) is 15.5. The van der Waals surface area contributed by atoms with Gasteiger partial charge < -0.3 is 19.9 Å². The normalized spacial score (nSPS) is 18.3. The second kappa shape index (κ2) is 8.35. The summed E-state index contributed by atoms with van der Waals surface area (Å²) in [7, 11) is 0. The molecule has 8 nitrogen and oxygen atoms in total. The second-order valence-electron chi connectivity index (χ2n) is 7.24. The predicted octanol–water partition coefficient (Wildman–Crippen LogP) is 3.80. The van der Waals surface area contributed by atoms with Crippen molar-refractivity contribution in [2.75, 3.05) is 4.72 Å². The third-order valence-corrected chi connectivity index (χ3v) is 5.89. The molecule has 2 aromatic rings. The zero-order chi connectivity index (χ0) is 23.9. The Labute approximate surface area is 189 Å². The molecule has 0 aliphatic carbocycles. The number of nitrogens with zero attached hydrogens (tertiary/aromatic N) is 1. The van der Waals surface area contributed by atoms with E-state index in [0.717, 1.165) is 17.0 Å². The summed E-state index contributed by atoms with van der Waals surface area (Å²) in [5.41, 5.74) is 0.359. The lowest BCUT2D eigenvalue weighted by Crippen LogP contribution is -2.51. The Bertz CT molecular complexity index is 1180. The molecule has 172 valence electrons. The van der Waals surface area contributed by atoms with Crippen molar-refractivity contribution in [3.63, 3.8) is 0 Å². The molecule has 33 heavy (non-hydrogen) atoms. The zero-order valence-corrected chi connectivity index (χ0v) is 17.5. The maximum Gasteiger partial charge on any atom is 0.573 e. The number of allylic oxidation sites excluding steroid dienone is 1. The van der Waals surface area contributed by atoms with E-state index in [1.165, 1.54) is 24.3 Å². The summed E-state index contributed by atoms with van der Waals surface area (Å²) in [6.07, 6.45) is -4.27. The second-order valence-corrected chi connectivity index (χ2v) is 8.09. The van der Waals surface area contributed by atoms with Crippen molar-refractivity contribution < 1.29 is 37.4 Å². The molecule has 2 aromatic carbocycles. The number of aromatic hydroxyl groups is 1. The van der Waals surface area contributed by atoms with Gasteiger partial charge in [-0.25, -0.2) is 0 Å². The molecule has 2 aliphatic heterocycles. The first kappa shape index (κ1) is 22.5. The van der Waals surface area contributed by atoms with Crippen molar-refractivity contribution in [3.05, 3.63) is 59.8 Å². The van der Waals surface area contributed by atoms with E-state index >= 15 is 0 Å². The van der Waals surface area contributed by atoms with Crippen LogP contribution in [0.4, 0.5) is 18.9 Å². The number of carbonyl (C=O) groups is 3. The van der Waals surface area contributed by atoms with Crippen molar-refractivity contribution >= 4 is 35.4 Å². The van der Waals surface area contributed by atoms with Crippen LogP contribution < -0.4 is 14.8 Å². The van der Waals surface area contributed by atoms with E-state index in [4.69, 9.17) is 0 Å². The summed E-state index contributed by atoms with van der Waals surface area (Å²) in [5, 5.41) is 12.9. The molecule has 1 unspecified atom stereocenters. The number of amides is 3. The number of carbonyl (C=O) groups excluding carboxylic acids is 3.